The van der Waals surface area contributed by atoms with Crippen LogP contribution in [0, 0.1) is 0 Å². The van der Waals surface area contributed by atoms with Crippen molar-refractivity contribution >= 4 is 23.7 Å². The van der Waals surface area contributed by atoms with Gasteiger partial charge in [0.2, 0.25) is 17.7 Å². The van der Waals surface area contributed by atoms with Gasteiger partial charge >= 0.3 is 5.97 Å². The SMILES string of the molecule is C[C@H](N)C(=O)N[C@H](C(=O)N[C@@H](CO)C(=O)N[C@@H](CO)C(=O)O)[C@@H](C)O. The Morgan fingerprint density at radius 3 is 1.72 bits per heavy atom. The lowest BCUT2D eigenvalue weighted by Gasteiger charge is -2.25. The van der Waals surface area contributed by atoms with E-state index >= 15 is 0 Å². The lowest BCUT2D eigenvalue weighted by Crippen LogP contribution is -2.60. The van der Waals surface area contributed by atoms with Gasteiger partial charge in [-0.3, -0.25) is 14.4 Å². The van der Waals surface area contributed by atoms with E-state index in [0.717, 1.165) is 0 Å². The van der Waals surface area contributed by atoms with E-state index in [-0.39, 0.29) is 0 Å². The minimum absolute atomic E-state index is 0.725. The highest BCUT2D eigenvalue weighted by molar-refractivity contribution is 5.94. The largest absolute Gasteiger partial charge is 0.480 e. The van der Waals surface area contributed by atoms with E-state index in [0.29, 0.717) is 0 Å². The number of aliphatic hydroxyl groups excluding tert-OH is 3. The number of nitrogens with one attached hydrogen (secondary N) is 3. The van der Waals surface area contributed by atoms with Gasteiger partial charge in [-0.2, -0.15) is 0 Å². The molecule has 0 rings (SSSR count). The van der Waals surface area contributed by atoms with E-state index in [9.17, 15) is 29.4 Å². The number of carbonyl (C=O) groups is 4. The van der Waals surface area contributed by atoms with Crippen LogP contribution in [0.1, 0.15) is 13.8 Å². The van der Waals surface area contributed by atoms with E-state index < -0.39 is 67.2 Å². The molecule has 0 radical (unpaired) electrons. The van der Waals surface area contributed by atoms with Gasteiger partial charge in [0.15, 0.2) is 0 Å². The first-order chi connectivity index (χ1) is 11.5. The van der Waals surface area contributed by atoms with Crippen LogP contribution in [-0.4, -0.2) is 87.6 Å². The van der Waals surface area contributed by atoms with Crippen LogP contribution < -0.4 is 21.7 Å². The number of carboxylic acids is 1. The molecule has 0 bridgehead atoms. The Morgan fingerprint density at radius 1 is 0.880 bits per heavy atom. The van der Waals surface area contributed by atoms with E-state index in [2.05, 4.69) is 10.6 Å². The summed E-state index contributed by atoms with van der Waals surface area (Å²) in [7, 11) is 0. The Kier molecular flexibility index (Phi) is 9.59. The smallest absolute Gasteiger partial charge is 0.328 e. The zero-order chi connectivity index (χ0) is 19.7. The zero-order valence-electron chi connectivity index (χ0n) is 13.8. The molecule has 0 heterocycles. The first kappa shape index (κ1) is 22.7. The minimum atomic E-state index is -1.62. The van der Waals surface area contributed by atoms with Crippen LogP contribution in [0.15, 0.2) is 0 Å². The van der Waals surface area contributed by atoms with E-state index in [4.69, 9.17) is 15.9 Å². The fraction of sp³-hybridized carbons (Fsp3) is 0.692. The molecule has 0 unspecified atom stereocenters. The third-order valence-corrected chi connectivity index (χ3v) is 3.09. The number of amides is 3. The third-order valence-electron chi connectivity index (χ3n) is 3.09. The van der Waals surface area contributed by atoms with Crippen LogP contribution in [-0.2, 0) is 19.2 Å². The summed E-state index contributed by atoms with van der Waals surface area (Å²) in [6.45, 7) is 0.792. The van der Waals surface area contributed by atoms with E-state index in [1.54, 1.807) is 0 Å². The van der Waals surface area contributed by atoms with Crippen molar-refractivity contribution in [3.63, 3.8) is 0 Å². The van der Waals surface area contributed by atoms with Crippen LogP contribution >= 0.6 is 0 Å². The first-order valence-electron chi connectivity index (χ1n) is 7.34. The number of rotatable bonds is 10. The van der Waals surface area contributed by atoms with Crippen molar-refractivity contribution < 1.29 is 39.6 Å². The van der Waals surface area contributed by atoms with Gasteiger partial charge in [0.25, 0.3) is 0 Å². The number of carbonyl (C=O) groups excluding carboxylic acids is 3. The molecule has 0 spiro atoms. The molecule has 0 fully saturated rings. The maximum atomic E-state index is 12.1. The average Bonchev–Trinajstić information content (AvgIpc) is 2.53. The molecule has 0 aromatic rings. The maximum Gasteiger partial charge on any atom is 0.328 e. The highest BCUT2D eigenvalue weighted by Crippen LogP contribution is 1.97. The molecule has 0 aliphatic heterocycles. The second-order valence-electron chi connectivity index (χ2n) is 5.34. The second kappa shape index (κ2) is 10.6. The summed E-state index contributed by atoms with van der Waals surface area (Å²) >= 11 is 0. The topological polar surface area (TPSA) is 211 Å². The second-order valence-corrected chi connectivity index (χ2v) is 5.34. The number of aliphatic hydroxyl groups is 3. The van der Waals surface area contributed by atoms with Gasteiger partial charge < -0.3 is 42.1 Å². The molecule has 144 valence electrons. The van der Waals surface area contributed by atoms with Gasteiger partial charge in [-0.15, -0.1) is 0 Å². The Labute approximate surface area is 143 Å². The van der Waals surface area contributed by atoms with Crippen LogP contribution in [0.3, 0.4) is 0 Å². The van der Waals surface area contributed by atoms with Gasteiger partial charge in [-0.05, 0) is 13.8 Å². The molecule has 0 aromatic carbocycles. The van der Waals surface area contributed by atoms with E-state index in [1.165, 1.54) is 13.8 Å². The Morgan fingerprint density at radius 2 is 1.36 bits per heavy atom. The van der Waals surface area contributed by atoms with Gasteiger partial charge in [0, 0.05) is 0 Å². The minimum Gasteiger partial charge on any atom is -0.480 e. The van der Waals surface area contributed by atoms with Crippen LogP contribution in [0.2, 0.25) is 0 Å². The summed E-state index contributed by atoms with van der Waals surface area (Å²) in [6.07, 6.45) is -1.34. The molecular weight excluding hydrogens is 340 g/mol. The number of hydrogen-bond donors (Lipinski definition) is 8. The molecule has 0 aromatic heterocycles. The number of nitrogens with two attached hydrogens (primary N) is 1. The van der Waals surface area contributed by atoms with Crippen LogP contribution in [0.5, 0.6) is 0 Å². The van der Waals surface area contributed by atoms with Crippen molar-refractivity contribution in [3.8, 4) is 0 Å². The van der Waals surface area contributed by atoms with Crippen molar-refractivity contribution in [2.75, 3.05) is 13.2 Å². The van der Waals surface area contributed by atoms with Gasteiger partial charge in [0.05, 0.1) is 25.4 Å². The summed E-state index contributed by atoms with van der Waals surface area (Å²) in [5.74, 6) is -4.29. The molecule has 12 nitrogen and oxygen atoms in total. The fourth-order valence-electron chi connectivity index (χ4n) is 1.60. The zero-order valence-corrected chi connectivity index (χ0v) is 13.8. The van der Waals surface area contributed by atoms with Gasteiger partial charge in [-0.1, -0.05) is 0 Å². The van der Waals surface area contributed by atoms with Crippen LogP contribution in [0.4, 0.5) is 0 Å². The summed E-state index contributed by atoms with van der Waals surface area (Å²) in [4.78, 5) is 46.3. The molecule has 3 amide bonds. The van der Waals surface area contributed by atoms with Crippen molar-refractivity contribution in [2.45, 2.75) is 44.1 Å². The van der Waals surface area contributed by atoms with Gasteiger partial charge in [0.1, 0.15) is 18.1 Å². The van der Waals surface area contributed by atoms with Crippen molar-refractivity contribution in [1.29, 1.82) is 0 Å². The maximum absolute atomic E-state index is 12.1. The molecular formula is C13H24N4O8. The molecule has 25 heavy (non-hydrogen) atoms. The lowest BCUT2D eigenvalue weighted by atomic mass is 10.1. The summed E-state index contributed by atoms with van der Waals surface area (Å²) < 4.78 is 0. The molecule has 9 N–H and O–H groups in total. The molecule has 0 aliphatic rings. The summed E-state index contributed by atoms with van der Waals surface area (Å²) in [5.41, 5.74) is 5.35. The highest BCUT2D eigenvalue weighted by Gasteiger charge is 2.31. The predicted molar refractivity (Wildman–Crippen MR) is 82.9 cm³/mol. The van der Waals surface area contributed by atoms with Crippen molar-refractivity contribution in [3.05, 3.63) is 0 Å². The van der Waals surface area contributed by atoms with Crippen molar-refractivity contribution in [1.82, 2.24) is 16.0 Å². The molecule has 5 atom stereocenters. The number of carboxylic acid groups (broad SMARTS) is 1. The fourth-order valence-corrected chi connectivity index (χ4v) is 1.60. The molecule has 0 aliphatic carbocycles. The highest BCUT2D eigenvalue weighted by atomic mass is 16.4. The number of aliphatic carboxylic acids is 1. The standard InChI is InChI=1S/C13H24N4O8/c1-5(14)10(21)17-9(6(2)20)12(23)15-7(3-18)11(22)16-8(4-19)13(24)25/h5-9,18-20H,3-4,14H2,1-2H3,(H,15,23)(H,16,22)(H,17,21)(H,24,25)/t5-,6+,7-,8-,9-/m0/s1. The van der Waals surface area contributed by atoms with E-state index in [1.807, 2.05) is 5.32 Å². The lowest BCUT2D eigenvalue weighted by molar-refractivity contribution is -0.143. The average molecular weight is 364 g/mol. The Hall–Kier alpha value is -2.28. The van der Waals surface area contributed by atoms with Crippen LogP contribution in [0.25, 0.3) is 0 Å². The Bertz CT molecular complexity index is 496. The van der Waals surface area contributed by atoms with Crippen molar-refractivity contribution in [2.24, 2.45) is 5.73 Å². The molecule has 0 saturated heterocycles. The normalized spacial score (nSPS) is 16.7. The third kappa shape index (κ3) is 7.43. The molecule has 0 saturated carbocycles. The molecule has 12 heteroatoms. The number of hydrogen-bond acceptors (Lipinski definition) is 8. The monoisotopic (exact) mass is 364 g/mol. The Balaban J connectivity index is 5.01. The van der Waals surface area contributed by atoms with Gasteiger partial charge in [-0.25, -0.2) is 4.79 Å². The quantitative estimate of drug-likeness (QED) is 0.187. The first-order valence-corrected chi connectivity index (χ1v) is 7.34. The summed E-state index contributed by atoms with van der Waals surface area (Å²) in [5, 5.41) is 42.6. The summed E-state index contributed by atoms with van der Waals surface area (Å²) in [6, 6.07) is -5.58. The predicted octanol–water partition coefficient (Wildman–Crippen LogP) is -4.76.